The minimum atomic E-state index is -0.811. The number of thioether (sulfide) groups is 1. The van der Waals surface area contributed by atoms with Gasteiger partial charge in [-0.15, -0.1) is 16.8 Å². The number of rotatable bonds is 11. The van der Waals surface area contributed by atoms with Gasteiger partial charge in [0.25, 0.3) is 5.91 Å². The molecule has 1 heterocycles. The topological polar surface area (TPSA) is 118 Å². The zero-order chi connectivity index (χ0) is 25.4. The Morgan fingerprint density at radius 3 is 2.66 bits per heavy atom. The van der Waals surface area contributed by atoms with Gasteiger partial charge in [0.15, 0.2) is 11.0 Å². The van der Waals surface area contributed by atoms with Gasteiger partial charge in [-0.25, -0.2) is 0 Å². The van der Waals surface area contributed by atoms with Crippen molar-refractivity contribution in [1.29, 1.82) is 0 Å². The lowest BCUT2D eigenvalue weighted by Crippen LogP contribution is -2.33. The lowest BCUT2D eigenvalue weighted by molar-refractivity contribution is -0.113. The van der Waals surface area contributed by atoms with E-state index in [1.54, 1.807) is 54.2 Å². The summed E-state index contributed by atoms with van der Waals surface area (Å²) in [6, 6.07) is 11.1. The minimum Gasteiger partial charge on any atom is -0.497 e. The molecule has 0 radical (unpaired) electrons. The number of ether oxygens (including phenoxy) is 1. The highest BCUT2D eigenvalue weighted by Crippen LogP contribution is 2.23. The number of carbonyl (C=O) groups is 2. The molecule has 2 amide bonds. The number of aryl methyl sites for hydroxylation is 1. The molecule has 0 saturated heterocycles. The SMILES string of the molecule is C=CCn1c(SCC(=O)Nc2cc(Cl)ccc2C)nnc1[C@H](CO)NC(=O)c1ccc(OC)cc1. The number of allylic oxidation sites excluding steroid dienone is 1. The van der Waals surface area contributed by atoms with Crippen molar-refractivity contribution < 1.29 is 19.4 Å². The predicted octanol–water partition coefficient (Wildman–Crippen LogP) is 3.63. The number of methoxy groups -OCH3 is 1. The zero-order valence-corrected chi connectivity index (χ0v) is 20.9. The first kappa shape index (κ1) is 26.3. The lowest BCUT2D eigenvalue weighted by atomic mass is 10.2. The maximum atomic E-state index is 12.7. The average molecular weight is 516 g/mol. The van der Waals surface area contributed by atoms with E-state index in [1.165, 1.54) is 11.8 Å². The lowest BCUT2D eigenvalue weighted by Gasteiger charge is -2.17. The summed E-state index contributed by atoms with van der Waals surface area (Å²) in [7, 11) is 1.54. The van der Waals surface area contributed by atoms with E-state index in [-0.39, 0.29) is 17.6 Å². The third-order valence-corrected chi connectivity index (χ3v) is 6.22. The van der Waals surface area contributed by atoms with E-state index in [1.807, 2.05) is 13.0 Å². The number of hydrogen-bond acceptors (Lipinski definition) is 7. The maximum absolute atomic E-state index is 12.7. The Bertz CT molecular complexity index is 1200. The van der Waals surface area contributed by atoms with Gasteiger partial charge >= 0.3 is 0 Å². The van der Waals surface area contributed by atoms with E-state index in [4.69, 9.17) is 16.3 Å². The molecule has 0 aliphatic carbocycles. The van der Waals surface area contributed by atoms with Crippen molar-refractivity contribution in [1.82, 2.24) is 20.1 Å². The van der Waals surface area contributed by atoms with Crippen LogP contribution in [-0.4, -0.2) is 51.2 Å². The van der Waals surface area contributed by atoms with Crippen LogP contribution in [0.4, 0.5) is 5.69 Å². The Balaban J connectivity index is 1.71. The van der Waals surface area contributed by atoms with Gasteiger partial charge in [-0.2, -0.15) is 0 Å². The van der Waals surface area contributed by atoms with Gasteiger partial charge in [0.05, 0.1) is 19.5 Å². The third-order valence-electron chi connectivity index (χ3n) is 5.01. The summed E-state index contributed by atoms with van der Waals surface area (Å²) >= 11 is 7.20. The quantitative estimate of drug-likeness (QED) is 0.263. The van der Waals surface area contributed by atoms with Crippen molar-refractivity contribution in [2.75, 3.05) is 24.8 Å². The Morgan fingerprint density at radius 1 is 1.26 bits per heavy atom. The van der Waals surface area contributed by atoms with Gasteiger partial charge in [-0.1, -0.05) is 35.5 Å². The molecule has 0 unspecified atom stereocenters. The molecule has 0 aliphatic heterocycles. The number of carbonyl (C=O) groups excluding carboxylic acids is 2. The van der Waals surface area contributed by atoms with E-state index in [9.17, 15) is 14.7 Å². The predicted molar refractivity (Wildman–Crippen MR) is 136 cm³/mol. The number of benzene rings is 2. The first-order valence-corrected chi connectivity index (χ1v) is 12.0. The molecule has 0 spiro atoms. The monoisotopic (exact) mass is 515 g/mol. The van der Waals surface area contributed by atoms with E-state index in [0.29, 0.717) is 39.5 Å². The molecular formula is C24H26ClN5O4S. The number of nitrogens with one attached hydrogen (secondary N) is 2. The van der Waals surface area contributed by atoms with Gasteiger partial charge in [-0.05, 0) is 48.9 Å². The van der Waals surface area contributed by atoms with Gasteiger partial charge in [0.2, 0.25) is 5.91 Å². The smallest absolute Gasteiger partial charge is 0.251 e. The second-order valence-corrected chi connectivity index (χ2v) is 8.85. The Hall–Kier alpha value is -3.34. The van der Waals surface area contributed by atoms with Crippen molar-refractivity contribution in [3.05, 3.63) is 77.1 Å². The van der Waals surface area contributed by atoms with Gasteiger partial charge < -0.3 is 25.0 Å². The van der Waals surface area contributed by atoms with E-state index >= 15 is 0 Å². The molecule has 3 rings (SSSR count). The number of hydrogen-bond donors (Lipinski definition) is 3. The second-order valence-electron chi connectivity index (χ2n) is 7.47. The van der Waals surface area contributed by atoms with Crippen LogP contribution in [0, 0.1) is 6.92 Å². The zero-order valence-electron chi connectivity index (χ0n) is 19.3. The summed E-state index contributed by atoms with van der Waals surface area (Å²) in [6.45, 7) is 5.57. The maximum Gasteiger partial charge on any atom is 0.251 e. The molecule has 0 fully saturated rings. The Labute approximate surface area is 212 Å². The van der Waals surface area contributed by atoms with Crippen LogP contribution in [-0.2, 0) is 11.3 Å². The molecule has 2 aromatic carbocycles. The Morgan fingerprint density at radius 2 is 2.00 bits per heavy atom. The number of aliphatic hydroxyl groups excluding tert-OH is 1. The third kappa shape index (κ3) is 6.84. The van der Waals surface area contributed by atoms with E-state index in [0.717, 1.165) is 5.56 Å². The summed E-state index contributed by atoms with van der Waals surface area (Å²) in [5.74, 6) is 0.431. The van der Waals surface area contributed by atoms with Crippen molar-refractivity contribution in [3.63, 3.8) is 0 Å². The summed E-state index contributed by atoms with van der Waals surface area (Å²) in [4.78, 5) is 25.2. The van der Waals surface area contributed by atoms with Crippen LogP contribution >= 0.6 is 23.4 Å². The highest BCUT2D eigenvalue weighted by molar-refractivity contribution is 7.99. The van der Waals surface area contributed by atoms with Crippen LogP contribution in [0.3, 0.4) is 0 Å². The number of halogens is 1. The largest absolute Gasteiger partial charge is 0.497 e. The fourth-order valence-electron chi connectivity index (χ4n) is 3.19. The van der Waals surface area contributed by atoms with Crippen molar-refractivity contribution >= 4 is 40.9 Å². The number of aliphatic hydroxyl groups is 1. The molecule has 11 heteroatoms. The molecule has 1 aromatic heterocycles. The van der Waals surface area contributed by atoms with Crippen molar-refractivity contribution in [2.45, 2.75) is 24.7 Å². The fraction of sp³-hybridized carbons (Fsp3) is 0.250. The van der Waals surface area contributed by atoms with Crippen molar-refractivity contribution in [3.8, 4) is 5.75 Å². The van der Waals surface area contributed by atoms with Crippen LogP contribution in [0.2, 0.25) is 5.02 Å². The van der Waals surface area contributed by atoms with Crippen LogP contribution in [0.1, 0.15) is 27.8 Å². The second kappa shape index (κ2) is 12.4. The molecule has 3 aromatic rings. The normalized spacial score (nSPS) is 11.5. The van der Waals surface area contributed by atoms with E-state index < -0.39 is 12.6 Å². The van der Waals surface area contributed by atoms with Gasteiger partial charge in [-0.3, -0.25) is 9.59 Å². The first-order chi connectivity index (χ1) is 16.9. The number of aromatic nitrogens is 3. The summed E-state index contributed by atoms with van der Waals surface area (Å²) in [6.07, 6.45) is 1.64. The molecule has 0 saturated carbocycles. The summed E-state index contributed by atoms with van der Waals surface area (Å²) in [5.41, 5.74) is 1.93. The van der Waals surface area contributed by atoms with E-state index in [2.05, 4.69) is 27.4 Å². The van der Waals surface area contributed by atoms with Crippen molar-refractivity contribution in [2.24, 2.45) is 0 Å². The van der Waals surface area contributed by atoms with Gasteiger partial charge in [0.1, 0.15) is 11.8 Å². The Kier molecular flexibility index (Phi) is 9.30. The fourth-order valence-corrected chi connectivity index (χ4v) is 4.11. The summed E-state index contributed by atoms with van der Waals surface area (Å²) < 4.78 is 6.81. The standard InChI is InChI=1S/C24H26ClN5O4S/c1-4-11-30-22(20(13-31)27-23(33)16-6-9-18(34-3)10-7-16)28-29-24(30)35-14-21(32)26-19-12-17(25)8-5-15(19)2/h4-10,12,20,31H,1,11,13-14H2,2-3H3,(H,26,32)(H,27,33)/t20-/m0/s1. The molecule has 184 valence electrons. The molecule has 0 aliphatic rings. The average Bonchev–Trinajstić information content (AvgIpc) is 3.26. The first-order valence-electron chi connectivity index (χ1n) is 10.6. The van der Waals surface area contributed by atoms with Gasteiger partial charge in [0, 0.05) is 22.8 Å². The molecular weight excluding hydrogens is 490 g/mol. The number of amides is 2. The minimum absolute atomic E-state index is 0.0726. The van der Waals surface area contributed by atoms with Crippen LogP contribution < -0.4 is 15.4 Å². The molecule has 0 bridgehead atoms. The van der Waals surface area contributed by atoms with Crippen LogP contribution in [0.25, 0.3) is 0 Å². The molecule has 35 heavy (non-hydrogen) atoms. The highest BCUT2D eigenvalue weighted by Gasteiger charge is 2.23. The summed E-state index contributed by atoms with van der Waals surface area (Å²) in [5, 5.41) is 24.9. The van der Waals surface area contributed by atoms with Crippen LogP contribution in [0.5, 0.6) is 5.75 Å². The number of nitrogens with zero attached hydrogens (tertiary/aromatic N) is 3. The number of anilines is 1. The molecule has 1 atom stereocenters. The van der Waals surface area contributed by atoms with Crippen LogP contribution in [0.15, 0.2) is 60.3 Å². The highest BCUT2D eigenvalue weighted by atomic mass is 35.5. The molecule has 3 N–H and O–H groups in total. The molecule has 9 nitrogen and oxygen atoms in total.